The Labute approximate surface area is 153 Å². The molecular weight excluding hydrogens is 336 g/mol. The number of hydrogen-bond acceptors (Lipinski definition) is 6. The van der Waals surface area contributed by atoms with Crippen LogP contribution in [0.3, 0.4) is 0 Å². The van der Waals surface area contributed by atoms with Crippen molar-refractivity contribution in [3.8, 4) is 0 Å². The van der Waals surface area contributed by atoms with E-state index < -0.39 is 0 Å². The first kappa shape index (κ1) is 18.5. The number of allylic oxidation sites excluding steroid dienone is 1. The van der Waals surface area contributed by atoms with Crippen molar-refractivity contribution in [3.05, 3.63) is 23.0 Å². The van der Waals surface area contributed by atoms with Gasteiger partial charge < -0.3 is 10.0 Å². The fraction of sp³-hybridized carbons (Fsp3) is 0.722. The van der Waals surface area contributed by atoms with Crippen LogP contribution in [-0.2, 0) is 0 Å². The summed E-state index contributed by atoms with van der Waals surface area (Å²) in [6, 6.07) is 0. The summed E-state index contributed by atoms with van der Waals surface area (Å²) in [6.45, 7) is 10.1. The first-order valence-corrected chi connectivity index (χ1v) is 9.76. The van der Waals surface area contributed by atoms with Gasteiger partial charge in [0.15, 0.2) is 5.69 Å². The lowest BCUT2D eigenvalue weighted by Crippen LogP contribution is -2.59. The van der Waals surface area contributed by atoms with E-state index in [1.165, 1.54) is 5.57 Å². The Morgan fingerprint density at radius 3 is 2.84 bits per heavy atom. The van der Waals surface area contributed by atoms with E-state index in [2.05, 4.69) is 33.6 Å². The average Bonchev–Trinajstić information content (AvgIpc) is 3.01. The highest BCUT2D eigenvalue weighted by Crippen LogP contribution is 2.39. The smallest absolute Gasteiger partial charge is 0.275 e. The van der Waals surface area contributed by atoms with Crippen molar-refractivity contribution in [1.82, 2.24) is 18.5 Å². The Balaban J connectivity index is 1.74. The number of aliphatic hydroxyl groups excluding tert-OH is 1. The summed E-state index contributed by atoms with van der Waals surface area (Å²) in [5.74, 6) is -0.0426. The number of aromatic nitrogens is 2. The summed E-state index contributed by atoms with van der Waals surface area (Å²) in [5, 5.41) is 10.8. The molecule has 2 atom stereocenters. The highest BCUT2D eigenvalue weighted by molar-refractivity contribution is 6.99. The first-order chi connectivity index (χ1) is 11.9. The minimum absolute atomic E-state index is 0.0426. The maximum atomic E-state index is 12.8. The first-order valence-electron chi connectivity index (χ1n) is 9.03. The van der Waals surface area contributed by atoms with E-state index in [9.17, 15) is 9.90 Å². The molecule has 2 fully saturated rings. The Morgan fingerprint density at radius 2 is 2.16 bits per heavy atom. The predicted molar refractivity (Wildman–Crippen MR) is 98.7 cm³/mol. The zero-order valence-corrected chi connectivity index (χ0v) is 16.2. The van der Waals surface area contributed by atoms with Gasteiger partial charge in [0.2, 0.25) is 0 Å². The van der Waals surface area contributed by atoms with Gasteiger partial charge in [0, 0.05) is 38.1 Å². The zero-order chi connectivity index (χ0) is 18.0. The van der Waals surface area contributed by atoms with Crippen LogP contribution >= 0.6 is 11.7 Å². The molecule has 25 heavy (non-hydrogen) atoms. The third-order valence-corrected chi connectivity index (χ3v) is 6.09. The molecule has 0 aliphatic carbocycles. The molecule has 2 aliphatic rings. The SMILES string of the molecule is CC(C)=CCN1CC[C@@H](O)[C@]2(CCCN(C(=O)c3nsnc3C)C2)C1. The quantitative estimate of drug-likeness (QED) is 0.832. The number of piperidine rings is 2. The number of carbonyl (C=O) groups excluding carboxylic acids is 1. The van der Waals surface area contributed by atoms with Crippen LogP contribution in [0, 0.1) is 12.3 Å². The predicted octanol–water partition coefficient (Wildman–Crippen LogP) is 2.10. The van der Waals surface area contributed by atoms with Gasteiger partial charge in [-0.25, -0.2) is 0 Å². The number of aliphatic hydroxyl groups is 1. The minimum atomic E-state index is -0.347. The van der Waals surface area contributed by atoms with Gasteiger partial charge in [-0.2, -0.15) is 8.75 Å². The molecule has 138 valence electrons. The zero-order valence-electron chi connectivity index (χ0n) is 15.4. The van der Waals surface area contributed by atoms with Crippen molar-refractivity contribution in [2.45, 2.75) is 46.1 Å². The molecule has 1 aromatic rings. The summed E-state index contributed by atoms with van der Waals surface area (Å²) >= 11 is 1.08. The Hall–Kier alpha value is -1.31. The van der Waals surface area contributed by atoms with Gasteiger partial charge in [0.25, 0.3) is 5.91 Å². The van der Waals surface area contributed by atoms with Gasteiger partial charge >= 0.3 is 0 Å². The van der Waals surface area contributed by atoms with Crippen molar-refractivity contribution in [3.63, 3.8) is 0 Å². The molecule has 2 aliphatic heterocycles. The van der Waals surface area contributed by atoms with Gasteiger partial charge in [-0.15, -0.1) is 0 Å². The highest BCUT2D eigenvalue weighted by Gasteiger charge is 2.46. The van der Waals surface area contributed by atoms with Crippen molar-refractivity contribution in [2.75, 3.05) is 32.7 Å². The maximum Gasteiger partial charge on any atom is 0.275 e. The van der Waals surface area contributed by atoms with E-state index in [0.717, 1.165) is 57.2 Å². The summed E-state index contributed by atoms with van der Waals surface area (Å²) in [6.07, 6.45) is 4.56. The van der Waals surface area contributed by atoms with Gasteiger partial charge in [-0.05, 0) is 40.0 Å². The van der Waals surface area contributed by atoms with Crippen molar-refractivity contribution >= 4 is 17.6 Å². The second-order valence-electron chi connectivity index (χ2n) is 7.71. The molecular formula is C18H28N4O2S. The molecule has 1 spiro atoms. The maximum absolute atomic E-state index is 12.8. The molecule has 0 radical (unpaired) electrons. The van der Waals surface area contributed by atoms with Crippen molar-refractivity contribution in [2.24, 2.45) is 5.41 Å². The second kappa shape index (κ2) is 7.51. The lowest BCUT2D eigenvalue weighted by Gasteiger charge is -2.51. The summed E-state index contributed by atoms with van der Waals surface area (Å²) in [4.78, 5) is 17.1. The molecule has 0 aromatic carbocycles. The van der Waals surface area contributed by atoms with Crippen molar-refractivity contribution < 1.29 is 9.90 Å². The minimum Gasteiger partial charge on any atom is -0.392 e. The third-order valence-electron chi connectivity index (χ3n) is 5.47. The van der Waals surface area contributed by atoms with Crippen LogP contribution in [0.4, 0.5) is 0 Å². The molecule has 0 unspecified atom stereocenters. The van der Waals surface area contributed by atoms with Crippen LogP contribution in [0.1, 0.15) is 49.3 Å². The second-order valence-corrected chi connectivity index (χ2v) is 8.24. The largest absolute Gasteiger partial charge is 0.392 e. The molecule has 1 N–H and O–H groups in total. The summed E-state index contributed by atoms with van der Waals surface area (Å²) < 4.78 is 8.29. The lowest BCUT2D eigenvalue weighted by atomic mass is 9.71. The normalized spacial score (nSPS) is 27.5. The molecule has 6 nitrogen and oxygen atoms in total. The Morgan fingerprint density at radius 1 is 1.36 bits per heavy atom. The molecule has 1 aromatic heterocycles. The highest BCUT2D eigenvalue weighted by atomic mass is 32.1. The topological polar surface area (TPSA) is 69.6 Å². The van der Waals surface area contributed by atoms with Gasteiger partial charge in [-0.3, -0.25) is 9.69 Å². The Kier molecular flexibility index (Phi) is 5.55. The molecule has 2 saturated heterocycles. The number of nitrogens with zero attached hydrogens (tertiary/aromatic N) is 4. The number of aryl methyl sites for hydroxylation is 1. The van der Waals surface area contributed by atoms with E-state index in [-0.39, 0.29) is 17.4 Å². The molecule has 3 heterocycles. The molecule has 3 rings (SSSR count). The molecule has 1 amide bonds. The standard InChI is InChI=1S/C18H28N4O2S/c1-13(2)5-9-21-10-6-15(23)18(11-21)7-4-8-22(12-18)17(24)16-14(3)19-25-20-16/h5,15,23H,4,6-12H2,1-3H3/t15-,18-/m1/s1. The lowest BCUT2D eigenvalue weighted by molar-refractivity contribution is -0.0763. The van der Waals surface area contributed by atoms with Gasteiger partial charge in [0.05, 0.1) is 23.5 Å². The van der Waals surface area contributed by atoms with E-state index in [1.807, 2.05) is 11.8 Å². The van der Waals surface area contributed by atoms with E-state index in [1.54, 1.807) is 0 Å². The summed E-state index contributed by atoms with van der Waals surface area (Å²) in [5.41, 5.74) is 2.25. The average molecular weight is 365 g/mol. The van der Waals surface area contributed by atoms with E-state index in [0.29, 0.717) is 17.9 Å². The molecule has 0 saturated carbocycles. The van der Waals surface area contributed by atoms with Gasteiger partial charge in [-0.1, -0.05) is 11.6 Å². The summed E-state index contributed by atoms with van der Waals surface area (Å²) in [7, 11) is 0. The van der Waals surface area contributed by atoms with Crippen LogP contribution in [0.15, 0.2) is 11.6 Å². The third kappa shape index (κ3) is 3.93. The van der Waals surface area contributed by atoms with Gasteiger partial charge in [0.1, 0.15) is 0 Å². The number of amides is 1. The molecule has 7 heteroatoms. The Bertz CT molecular complexity index is 655. The van der Waals surface area contributed by atoms with Crippen molar-refractivity contribution in [1.29, 1.82) is 0 Å². The van der Waals surface area contributed by atoms with E-state index >= 15 is 0 Å². The fourth-order valence-electron chi connectivity index (χ4n) is 4.02. The fourth-order valence-corrected chi connectivity index (χ4v) is 4.56. The molecule has 0 bridgehead atoms. The monoisotopic (exact) mass is 364 g/mol. The van der Waals surface area contributed by atoms with E-state index in [4.69, 9.17) is 0 Å². The number of likely N-dealkylation sites (tertiary alicyclic amines) is 2. The van der Waals surface area contributed by atoms with Crippen LogP contribution in [0.25, 0.3) is 0 Å². The van der Waals surface area contributed by atoms with Crippen LogP contribution in [0.5, 0.6) is 0 Å². The van der Waals surface area contributed by atoms with Crippen LogP contribution < -0.4 is 0 Å². The number of hydrogen-bond donors (Lipinski definition) is 1. The van der Waals surface area contributed by atoms with Crippen LogP contribution in [-0.4, -0.2) is 68.4 Å². The van der Waals surface area contributed by atoms with Crippen LogP contribution in [0.2, 0.25) is 0 Å². The number of rotatable bonds is 3. The number of carbonyl (C=O) groups is 1.